The fraction of sp³-hybridized carbons (Fsp3) is 0.208. The molecule has 1 atom stereocenters. The van der Waals surface area contributed by atoms with E-state index >= 15 is 4.39 Å². The molecule has 9 heteroatoms. The lowest BCUT2D eigenvalue weighted by molar-refractivity contribution is 0.586. The number of benzene rings is 3. The first-order valence-corrected chi connectivity index (χ1v) is 11.8. The van der Waals surface area contributed by atoms with E-state index in [9.17, 15) is 12.8 Å². The van der Waals surface area contributed by atoms with Gasteiger partial charge < -0.3 is 10.2 Å². The number of hydrogen-bond donors (Lipinski definition) is 2. The van der Waals surface area contributed by atoms with Gasteiger partial charge in [-0.3, -0.25) is 0 Å². The summed E-state index contributed by atoms with van der Waals surface area (Å²) in [5.41, 5.74) is 2.73. The fourth-order valence-electron chi connectivity index (χ4n) is 3.79. The molecule has 0 bridgehead atoms. The molecule has 3 aromatic carbocycles. The molecule has 172 valence electrons. The zero-order valence-electron chi connectivity index (χ0n) is 18.4. The Bertz CT molecular complexity index is 1340. The van der Waals surface area contributed by atoms with Gasteiger partial charge in [-0.05, 0) is 47.5 Å². The summed E-state index contributed by atoms with van der Waals surface area (Å²) in [6.07, 6.45) is 0. The number of guanidine groups is 1. The van der Waals surface area contributed by atoms with Crippen LogP contribution in [0.1, 0.15) is 29.5 Å². The first kappa shape index (κ1) is 22.7. The maximum absolute atomic E-state index is 15.1. The molecule has 0 amide bonds. The Morgan fingerprint density at radius 2 is 1.79 bits per heavy atom. The number of rotatable bonds is 5. The lowest BCUT2D eigenvalue weighted by atomic mass is 9.91. The number of anilines is 2. The quantitative estimate of drug-likeness (QED) is 0.578. The Morgan fingerprint density at radius 1 is 1.03 bits per heavy atom. The summed E-state index contributed by atoms with van der Waals surface area (Å²) < 4.78 is 56.7. The maximum atomic E-state index is 15.1. The number of halogens is 2. The minimum atomic E-state index is -3.97. The summed E-state index contributed by atoms with van der Waals surface area (Å²) in [5, 5.41) is 2.95. The first-order chi connectivity index (χ1) is 15.7. The third-order valence-corrected chi connectivity index (χ3v) is 6.93. The fourth-order valence-corrected chi connectivity index (χ4v) is 4.95. The molecule has 33 heavy (non-hydrogen) atoms. The van der Waals surface area contributed by atoms with Crippen LogP contribution in [-0.4, -0.2) is 28.5 Å². The van der Waals surface area contributed by atoms with E-state index in [2.05, 4.69) is 15.0 Å². The van der Waals surface area contributed by atoms with E-state index in [0.717, 1.165) is 17.3 Å². The molecule has 0 saturated carbocycles. The van der Waals surface area contributed by atoms with Crippen LogP contribution in [0.3, 0.4) is 0 Å². The minimum Gasteiger partial charge on any atom is -0.378 e. The van der Waals surface area contributed by atoms with Crippen LogP contribution in [0.25, 0.3) is 0 Å². The van der Waals surface area contributed by atoms with E-state index in [-0.39, 0.29) is 28.7 Å². The van der Waals surface area contributed by atoms with Gasteiger partial charge in [-0.1, -0.05) is 31.2 Å². The van der Waals surface area contributed by atoms with Crippen molar-refractivity contribution < 1.29 is 17.2 Å². The molecule has 0 saturated heterocycles. The number of hydrogen-bond acceptors (Lipinski definition) is 4. The largest absolute Gasteiger partial charge is 0.378 e. The topological polar surface area (TPSA) is 73.8 Å². The monoisotopic (exact) mass is 470 g/mol. The van der Waals surface area contributed by atoms with Crippen molar-refractivity contribution in [2.24, 2.45) is 4.99 Å². The molecule has 0 aliphatic carbocycles. The van der Waals surface area contributed by atoms with Crippen molar-refractivity contribution in [3.8, 4) is 0 Å². The molecular weight excluding hydrogens is 446 g/mol. The van der Waals surface area contributed by atoms with E-state index in [0.29, 0.717) is 5.56 Å². The molecule has 1 heterocycles. The van der Waals surface area contributed by atoms with Gasteiger partial charge in [0.1, 0.15) is 16.5 Å². The van der Waals surface area contributed by atoms with Crippen LogP contribution in [0.15, 0.2) is 70.6 Å². The number of fused-ring (bicyclic) bond motifs is 1. The van der Waals surface area contributed by atoms with Gasteiger partial charge in [-0.15, -0.1) is 0 Å². The molecule has 0 fully saturated rings. The van der Waals surface area contributed by atoms with E-state index in [4.69, 9.17) is 0 Å². The van der Waals surface area contributed by atoms with Gasteiger partial charge in [0.25, 0.3) is 10.0 Å². The Labute approximate surface area is 192 Å². The van der Waals surface area contributed by atoms with E-state index < -0.39 is 27.6 Å². The highest BCUT2D eigenvalue weighted by Gasteiger charge is 2.32. The van der Waals surface area contributed by atoms with Gasteiger partial charge in [-0.2, -0.15) is 0 Å². The van der Waals surface area contributed by atoms with Crippen molar-refractivity contribution in [3.63, 3.8) is 0 Å². The Morgan fingerprint density at radius 3 is 2.52 bits per heavy atom. The summed E-state index contributed by atoms with van der Waals surface area (Å²) in [6.45, 7) is 1.87. The summed E-state index contributed by atoms with van der Waals surface area (Å²) in [4.78, 5) is 6.13. The molecule has 1 aliphatic heterocycles. The number of aliphatic imine (C=N–C) groups is 1. The smallest absolute Gasteiger partial charge is 0.266 e. The molecular formula is C24H24F2N4O2S. The molecule has 0 aromatic heterocycles. The van der Waals surface area contributed by atoms with Gasteiger partial charge in [0.15, 0.2) is 0 Å². The van der Waals surface area contributed by atoms with Gasteiger partial charge in [0, 0.05) is 31.3 Å². The molecule has 1 unspecified atom stereocenters. The predicted molar refractivity (Wildman–Crippen MR) is 126 cm³/mol. The van der Waals surface area contributed by atoms with Crippen LogP contribution >= 0.6 is 0 Å². The summed E-state index contributed by atoms with van der Waals surface area (Å²) in [7, 11) is -0.147. The Hall–Kier alpha value is -3.46. The number of nitrogens with one attached hydrogen (secondary N) is 2. The SMILES string of the molecule is CC(c1cccc(N(C)C)c1)c1c(F)ccc2c1NC(=NCc1cccc(F)c1)NS2(=O)=O. The van der Waals surface area contributed by atoms with Gasteiger partial charge in [0.05, 0.1) is 12.2 Å². The van der Waals surface area contributed by atoms with Crippen LogP contribution in [0.4, 0.5) is 20.2 Å². The Balaban J connectivity index is 1.75. The molecule has 0 spiro atoms. The highest BCUT2D eigenvalue weighted by molar-refractivity contribution is 7.90. The lowest BCUT2D eigenvalue weighted by Gasteiger charge is -2.27. The normalized spacial score (nSPS) is 16.5. The van der Waals surface area contributed by atoms with Crippen LogP contribution in [0, 0.1) is 11.6 Å². The summed E-state index contributed by atoms with van der Waals surface area (Å²) in [6, 6.07) is 15.9. The number of nitrogens with zero attached hydrogens (tertiary/aromatic N) is 2. The van der Waals surface area contributed by atoms with Crippen LogP contribution in [-0.2, 0) is 16.6 Å². The van der Waals surface area contributed by atoms with E-state index in [1.165, 1.54) is 18.2 Å². The third kappa shape index (κ3) is 4.68. The summed E-state index contributed by atoms with van der Waals surface area (Å²) in [5.74, 6) is -1.42. The standard InChI is InChI=1S/C24H24F2N4O2S/c1-15(17-7-5-9-19(13-17)30(2)3)22-20(26)10-11-21-23(22)28-24(29-33(21,31)32)27-14-16-6-4-8-18(25)12-16/h4-13,15H,14H2,1-3H3,(H2,27,28,29). The molecule has 6 nitrogen and oxygen atoms in total. The van der Waals surface area contributed by atoms with Gasteiger partial charge >= 0.3 is 0 Å². The van der Waals surface area contributed by atoms with Crippen molar-refractivity contribution in [2.75, 3.05) is 24.3 Å². The predicted octanol–water partition coefficient (Wildman–Crippen LogP) is 4.44. The van der Waals surface area contributed by atoms with Crippen LogP contribution in [0.2, 0.25) is 0 Å². The summed E-state index contributed by atoms with van der Waals surface area (Å²) >= 11 is 0. The molecule has 0 radical (unpaired) electrons. The van der Waals surface area contributed by atoms with Crippen molar-refractivity contribution >= 4 is 27.4 Å². The third-order valence-electron chi connectivity index (χ3n) is 5.55. The second-order valence-electron chi connectivity index (χ2n) is 8.07. The van der Waals surface area contributed by atoms with Crippen LogP contribution in [0.5, 0.6) is 0 Å². The molecule has 2 N–H and O–H groups in total. The van der Waals surface area contributed by atoms with Crippen LogP contribution < -0.4 is 14.9 Å². The zero-order valence-corrected chi connectivity index (χ0v) is 19.2. The van der Waals surface area contributed by atoms with Gasteiger partial charge in [-0.25, -0.2) is 26.9 Å². The molecule has 4 rings (SSSR count). The van der Waals surface area contributed by atoms with Gasteiger partial charge in [0.2, 0.25) is 5.96 Å². The highest BCUT2D eigenvalue weighted by atomic mass is 32.2. The van der Waals surface area contributed by atoms with Crippen molar-refractivity contribution in [3.05, 3.63) is 89.0 Å². The number of sulfonamides is 1. The van der Waals surface area contributed by atoms with Crippen molar-refractivity contribution in [1.82, 2.24) is 4.72 Å². The van der Waals surface area contributed by atoms with E-state index in [1.807, 2.05) is 50.2 Å². The second-order valence-corrected chi connectivity index (χ2v) is 9.72. The average Bonchev–Trinajstić information content (AvgIpc) is 2.77. The van der Waals surface area contributed by atoms with Crippen molar-refractivity contribution in [2.45, 2.75) is 24.3 Å². The minimum absolute atomic E-state index is 0.0447. The molecule has 3 aromatic rings. The second kappa shape index (κ2) is 8.82. The first-order valence-electron chi connectivity index (χ1n) is 10.3. The highest BCUT2D eigenvalue weighted by Crippen LogP contribution is 2.38. The zero-order chi connectivity index (χ0) is 23.8. The lowest BCUT2D eigenvalue weighted by Crippen LogP contribution is -2.41. The Kier molecular flexibility index (Phi) is 6.07. The maximum Gasteiger partial charge on any atom is 0.266 e. The van der Waals surface area contributed by atoms with E-state index in [1.54, 1.807) is 12.1 Å². The average molecular weight is 471 g/mol. The van der Waals surface area contributed by atoms with Crippen molar-refractivity contribution in [1.29, 1.82) is 0 Å². The molecule has 1 aliphatic rings.